The van der Waals surface area contributed by atoms with Crippen LogP contribution < -0.4 is 9.80 Å². The number of hydrogen-bond donors (Lipinski definition) is 0. The molecule has 1 aliphatic heterocycles. The van der Waals surface area contributed by atoms with E-state index in [4.69, 9.17) is 0 Å². The fraction of sp³-hybridized carbons (Fsp3) is 0.102. The third-order valence-corrected chi connectivity index (χ3v) is 11.4. The third-order valence-electron chi connectivity index (χ3n) is 11.4. The summed E-state index contributed by atoms with van der Waals surface area (Å²) >= 11 is 0. The highest BCUT2D eigenvalue weighted by molar-refractivity contribution is 5.98. The number of anilines is 5. The molecule has 0 amide bonds. The minimum absolute atomic E-state index is 0.0860. The summed E-state index contributed by atoms with van der Waals surface area (Å²) in [6.45, 7) is 4.71. The summed E-state index contributed by atoms with van der Waals surface area (Å²) < 4.78 is 0. The third kappa shape index (κ3) is 4.56. The van der Waals surface area contributed by atoms with Crippen LogP contribution >= 0.6 is 0 Å². The van der Waals surface area contributed by atoms with E-state index in [9.17, 15) is 0 Å². The molecule has 0 N–H and O–H groups in total. The highest BCUT2D eigenvalue weighted by Gasteiger charge is 2.39. The molecule has 2 atom stereocenters. The van der Waals surface area contributed by atoms with E-state index in [2.05, 4.69) is 206 Å². The van der Waals surface area contributed by atoms with Crippen LogP contribution in [0.3, 0.4) is 0 Å². The van der Waals surface area contributed by atoms with Gasteiger partial charge in [-0.05, 0) is 92.7 Å². The Kier molecular flexibility index (Phi) is 6.69. The fourth-order valence-corrected chi connectivity index (χ4v) is 8.97. The minimum Gasteiger partial charge on any atom is -0.333 e. The van der Waals surface area contributed by atoms with Crippen molar-refractivity contribution in [3.05, 3.63) is 199 Å². The van der Waals surface area contributed by atoms with Gasteiger partial charge in [0.25, 0.3) is 0 Å². The lowest BCUT2D eigenvalue weighted by atomic mass is 9.82. The van der Waals surface area contributed by atoms with Crippen LogP contribution in [-0.4, -0.2) is 6.04 Å². The first-order chi connectivity index (χ1) is 25.1. The Bertz CT molecular complexity index is 2510. The van der Waals surface area contributed by atoms with Gasteiger partial charge in [-0.3, -0.25) is 0 Å². The van der Waals surface area contributed by atoms with Crippen molar-refractivity contribution in [3.8, 4) is 22.3 Å². The molecule has 7 aromatic rings. The van der Waals surface area contributed by atoms with Crippen LogP contribution in [0.4, 0.5) is 28.4 Å². The van der Waals surface area contributed by atoms with Crippen molar-refractivity contribution < 1.29 is 0 Å². The Labute approximate surface area is 300 Å². The molecule has 51 heavy (non-hydrogen) atoms. The molecule has 0 aromatic heterocycles. The molecule has 2 unspecified atom stereocenters. The second-order valence-corrected chi connectivity index (χ2v) is 14.5. The molecule has 1 heterocycles. The second kappa shape index (κ2) is 11.5. The molecule has 0 fully saturated rings. The summed E-state index contributed by atoms with van der Waals surface area (Å²) in [5.74, 6) is 0.359. The largest absolute Gasteiger partial charge is 0.333 e. The summed E-state index contributed by atoms with van der Waals surface area (Å²) in [6, 6.07) is 58.5. The van der Waals surface area contributed by atoms with Gasteiger partial charge in [0.05, 0.1) is 11.7 Å². The second-order valence-electron chi connectivity index (χ2n) is 14.5. The first-order valence-electron chi connectivity index (χ1n) is 18.0. The number of benzene rings is 7. The van der Waals surface area contributed by atoms with Gasteiger partial charge in [-0.1, -0.05) is 147 Å². The smallest absolute Gasteiger partial charge is 0.0629 e. The maximum absolute atomic E-state index is 2.51. The molecule has 0 radical (unpaired) electrons. The average molecular weight is 655 g/mol. The molecule has 7 aromatic carbocycles. The summed E-state index contributed by atoms with van der Waals surface area (Å²) in [7, 11) is 0. The molecule has 0 saturated carbocycles. The minimum atomic E-state index is -0.0860. The Morgan fingerprint density at radius 2 is 1.20 bits per heavy atom. The van der Waals surface area contributed by atoms with Crippen LogP contribution in [0.5, 0.6) is 0 Å². The predicted octanol–water partition coefficient (Wildman–Crippen LogP) is 13.0. The standard InChI is InChI=1S/C49H38N2/c1-49(2)43-20-8-5-18-42(43)48-44(49)21-12-24-47(48)50(35-27-25-34(26-28-35)39-19-11-14-33-13-3-4-15-38(33)39)36-29-31-37(32-30-36)51-45-22-9-6-16-40(45)41-17-7-10-23-46(41)51/h3-32,40,45H,1-2H3. The first kappa shape index (κ1) is 29.8. The van der Waals surface area contributed by atoms with E-state index in [-0.39, 0.29) is 11.5 Å². The first-order valence-corrected chi connectivity index (χ1v) is 18.0. The lowest BCUT2D eigenvalue weighted by molar-refractivity contribution is 0.660. The van der Waals surface area contributed by atoms with Crippen molar-refractivity contribution in [2.24, 2.45) is 0 Å². The van der Waals surface area contributed by atoms with Crippen molar-refractivity contribution in [1.29, 1.82) is 0 Å². The Morgan fingerprint density at radius 3 is 2.06 bits per heavy atom. The molecule has 2 aliphatic carbocycles. The summed E-state index contributed by atoms with van der Waals surface area (Å²) in [5.41, 5.74) is 15.1. The molecular weight excluding hydrogens is 617 g/mol. The van der Waals surface area contributed by atoms with Gasteiger partial charge in [-0.25, -0.2) is 0 Å². The van der Waals surface area contributed by atoms with Crippen molar-refractivity contribution in [2.45, 2.75) is 31.2 Å². The van der Waals surface area contributed by atoms with E-state index < -0.39 is 0 Å². The van der Waals surface area contributed by atoms with E-state index in [0.29, 0.717) is 5.92 Å². The van der Waals surface area contributed by atoms with E-state index in [0.717, 1.165) is 11.4 Å². The molecule has 2 nitrogen and oxygen atoms in total. The topological polar surface area (TPSA) is 6.48 Å². The maximum atomic E-state index is 2.51. The molecule has 244 valence electrons. The SMILES string of the molecule is CC1(C)c2ccccc2-c2c(N(c3ccc(-c4cccc5ccccc45)cc3)c3ccc(N4c5ccccc5C5C=CC=CC54)cc3)cccc21. The van der Waals surface area contributed by atoms with Gasteiger partial charge in [0.1, 0.15) is 0 Å². The summed E-state index contributed by atoms with van der Waals surface area (Å²) in [6.07, 6.45) is 9.06. The zero-order chi connectivity index (χ0) is 34.1. The molecule has 2 heteroatoms. The van der Waals surface area contributed by atoms with Crippen LogP contribution in [0, 0.1) is 0 Å². The van der Waals surface area contributed by atoms with Crippen molar-refractivity contribution in [1.82, 2.24) is 0 Å². The lowest BCUT2D eigenvalue weighted by Crippen LogP contribution is -2.28. The Morgan fingerprint density at radius 1 is 0.549 bits per heavy atom. The van der Waals surface area contributed by atoms with E-state index in [1.165, 1.54) is 66.8 Å². The Balaban J connectivity index is 1.12. The zero-order valence-corrected chi connectivity index (χ0v) is 28.9. The van der Waals surface area contributed by atoms with Gasteiger partial charge in [-0.2, -0.15) is 0 Å². The van der Waals surface area contributed by atoms with E-state index >= 15 is 0 Å². The number of fused-ring (bicyclic) bond motifs is 7. The Hall–Kier alpha value is -6.12. The molecule has 3 aliphatic rings. The molecule has 0 bridgehead atoms. The van der Waals surface area contributed by atoms with E-state index in [1.54, 1.807) is 0 Å². The maximum Gasteiger partial charge on any atom is 0.0629 e. The quantitative estimate of drug-likeness (QED) is 0.182. The normalized spacial score (nSPS) is 17.6. The summed E-state index contributed by atoms with van der Waals surface area (Å²) in [4.78, 5) is 4.96. The number of nitrogens with zero attached hydrogens (tertiary/aromatic N) is 2. The van der Waals surface area contributed by atoms with Crippen LogP contribution in [-0.2, 0) is 5.41 Å². The lowest BCUT2D eigenvalue weighted by Gasteiger charge is -2.31. The van der Waals surface area contributed by atoms with Crippen molar-refractivity contribution in [3.63, 3.8) is 0 Å². The van der Waals surface area contributed by atoms with Gasteiger partial charge < -0.3 is 9.80 Å². The van der Waals surface area contributed by atoms with Gasteiger partial charge in [0.2, 0.25) is 0 Å². The van der Waals surface area contributed by atoms with Gasteiger partial charge >= 0.3 is 0 Å². The van der Waals surface area contributed by atoms with Crippen LogP contribution in [0.1, 0.15) is 36.5 Å². The van der Waals surface area contributed by atoms with Gasteiger partial charge in [0.15, 0.2) is 0 Å². The van der Waals surface area contributed by atoms with Crippen molar-refractivity contribution >= 4 is 39.2 Å². The summed E-state index contributed by atoms with van der Waals surface area (Å²) in [5, 5.41) is 2.53. The van der Waals surface area contributed by atoms with Gasteiger partial charge in [-0.15, -0.1) is 0 Å². The molecular formula is C49H38N2. The molecule has 10 rings (SSSR count). The van der Waals surface area contributed by atoms with Crippen molar-refractivity contribution in [2.75, 3.05) is 9.80 Å². The predicted molar refractivity (Wildman–Crippen MR) is 215 cm³/mol. The number of allylic oxidation sites excluding steroid dienone is 2. The highest BCUT2D eigenvalue weighted by atomic mass is 15.2. The highest BCUT2D eigenvalue weighted by Crippen LogP contribution is 2.54. The molecule has 0 saturated heterocycles. The average Bonchev–Trinajstić information content (AvgIpc) is 3.64. The monoisotopic (exact) mass is 654 g/mol. The zero-order valence-electron chi connectivity index (χ0n) is 28.9. The fourth-order valence-electron chi connectivity index (χ4n) is 8.97. The van der Waals surface area contributed by atoms with Crippen LogP contribution in [0.15, 0.2) is 182 Å². The van der Waals surface area contributed by atoms with Crippen LogP contribution in [0.25, 0.3) is 33.0 Å². The van der Waals surface area contributed by atoms with Gasteiger partial charge in [0, 0.05) is 39.6 Å². The number of para-hydroxylation sites is 1. The van der Waals surface area contributed by atoms with E-state index in [1.807, 2.05) is 0 Å². The number of hydrogen-bond acceptors (Lipinski definition) is 2. The molecule has 0 spiro atoms. The number of rotatable bonds is 5. The van der Waals surface area contributed by atoms with Crippen LogP contribution in [0.2, 0.25) is 0 Å².